The van der Waals surface area contributed by atoms with Crippen molar-refractivity contribution in [2.24, 2.45) is 5.92 Å². The van der Waals surface area contributed by atoms with Crippen molar-refractivity contribution in [3.63, 3.8) is 0 Å². The van der Waals surface area contributed by atoms with Crippen molar-refractivity contribution in [3.8, 4) is 0 Å². The maximum absolute atomic E-state index is 9.71. The van der Waals surface area contributed by atoms with Crippen LogP contribution in [0.4, 0.5) is 0 Å². The zero-order chi connectivity index (χ0) is 39.6. The van der Waals surface area contributed by atoms with E-state index in [4.69, 9.17) is 10.2 Å². The van der Waals surface area contributed by atoms with E-state index < -0.39 is 0 Å². The standard InChI is InChI=1S/C16H34NO2.C16H34.C14H30O.C2H6.W/c1-2-3-4-7-12-17(14-9-11-16-19)13-8-5-6-10-15-18;1-4-6-8-10-11-13-15-16(3)14-12-9-7-5-2;1-3-5-7-9-11-13-14(15)12-10-8-6-4-2;1-2;/h18-19H,1-16H2;16H,4-15H2,1-3H3;14-15H,3-13H2,1-2H3;1-2H3;/q-1;;;;. The summed E-state index contributed by atoms with van der Waals surface area (Å²) in [5.74, 6) is 0.975. The topological polar surface area (TPSA) is 63.9 Å². The second-order valence-electron chi connectivity index (χ2n) is 15.5. The van der Waals surface area contributed by atoms with Crippen LogP contribution in [0.5, 0.6) is 0 Å². The average molecular weight is 927 g/mol. The van der Waals surface area contributed by atoms with Gasteiger partial charge in [-0.05, 0) is 70.5 Å². The number of aliphatic hydroxyl groups is 3. The maximum Gasteiger partial charge on any atom is 0.0540 e. The molecule has 2 atom stereocenters. The van der Waals surface area contributed by atoms with Gasteiger partial charge in [0.1, 0.15) is 0 Å². The van der Waals surface area contributed by atoms with E-state index in [0.29, 0.717) is 13.2 Å². The molecular formula is C48H104NO3W-. The van der Waals surface area contributed by atoms with Crippen LogP contribution in [-0.4, -0.2) is 59.2 Å². The van der Waals surface area contributed by atoms with Gasteiger partial charge in [0.25, 0.3) is 0 Å². The van der Waals surface area contributed by atoms with Crippen LogP contribution in [0.1, 0.15) is 260 Å². The summed E-state index contributed by atoms with van der Waals surface area (Å²) in [7, 11) is 0. The van der Waals surface area contributed by atoms with Gasteiger partial charge in [-0.15, -0.1) is 0 Å². The van der Waals surface area contributed by atoms with E-state index in [-0.39, 0.29) is 27.2 Å². The van der Waals surface area contributed by atoms with Gasteiger partial charge in [-0.3, -0.25) is 0 Å². The van der Waals surface area contributed by atoms with Crippen molar-refractivity contribution in [3.05, 3.63) is 6.92 Å². The first-order valence-corrected chi connectivity index (χ1v) is 23.9. The Morgan fingerprint density at radius 3 is 1.09 bits per heavy atom. The summed E-state index contributed by atoms with van der Waals surface area (Å²) >= 11 is 0. The molecule has 0 spiro atoms. The molecule has 0 radical (unpaired) electrons. The van der Waals surface area contributed by atoms with Crippen molar-refractivity contribution < 1.29 is 36.4 Å². The molecule has 0 aromatic heterocycles. The predicted molar refractivity (Wildman–Crippen MR) is 238 cm³/mol. The number of unbranched alkanes of at least 4 members (excludes halogenated alkanes) is 22. The molecule has 0 amide bonds. The van der Waals surface area contributed by atoms with E-state index in [1.54, 1.807) is 0 Å². The quantitative estimate of drug-likeness (QED) is 0.0426. The van der Waals surface area contributed by atoms with Gasteiger partial charge in [0.15, 0.2) is 0 Å². The average Bonchev–Trinajstić information content (AvgIpc) is 3.16. The Balaban J connectivity index is -0.000000212. The molecule has 0 aliphatic carbocycles. The zero-order valence-corrected chi connectivity index (χ0v) is 40.9. The molecule has 0 aromatic rings. The molecular weight excluding hydrogens is 822 g/mol. The fourth-order valence-corrected chi connectivity index (χ4v) is 6.54. The minimum Gasteiger partial charge on any atom is -0.396 e. The fourth-order valence-electron chi connectivity index (χ4n) is 6.54. The third-order valence-electron chi connectivity index (χ3n) is 10.1. The van der Waals surface area contributed by atoms with E-state index in [9.17, 15) is 5.11 Å². The van der Waals surface area contributed by atoms with Gasteiger partial charge in [-0.2, -0.15) is 6.42 Å². The van der Waals surface area contributed by atoms with Gasteiger partial charge in [0.2, 0.25) is 0 Å². The van der Waals surface area contributed by atoms with Crippen LogP contribution < -0.4 is 0 Å². The summed E-state index contributed by atoms with van der Waals surface area (Å²) in [5.41, 5.74) is 0. The first kappa shape index (κ1) is 62.7. The number of hydrogen-bond acceptors (Lipinski definition) is 4. The minimum absolute atomic E-state index is 0. The first-order chi connectivity index (χ1) is 25.5. The SMILES string of the molecule is CC.CCCCCCCC(O)CCCCCC.CCCCCCCCC(C)CCCCCC.[CH2-]CCCCCN(CCCCO)CCCCCCO.[W]. The van der Waals surface area contributed by atoms with Gasteiger partial charge in [0.05, 0.1) is 6.10 Å². The summed E-state index contributed by atoms with van der Waals surface area (Å²) in [6, 6.07) is 0. The molecule has 0 saturated heterocycles. The molecule has 0 aromatic carbocycles. The number of aliphatic hydroxyl groups excluding tert-OH is 3. The third-order valence-corrected chi connectivity index (χ3v) is 10.1. The minimum atomic E-state index is -0.0246. The Hall–Kier alpha value is 0.528. The van der Waals surface area contributed by atoms with Crippen LogP contribution in [0.25, 0.3) is 0 Å². The number of hydrogen-bond donors (Lipinski definition) is 3. The van der Waals surface area contributed by atoms with Gasteiger partial charge in [-0.25, -0.2) is 0 Å². The number of nitrogens with zero attached hydrogens (tertiary/aromatic N) is 1. The van der Waals surface area contributed by atoms with Gasteiger partial charge < -0.3 is 27.1 Å². The van der Waals surface area contributed by atoms with Gasteiger partial charge >= 0.3 is 0 Å². The summed E-state index contributed by atoms with van der Waals surface area (Å²) in [4.78, 5) is 2.54. The van der Waals surface area contributed by atoms with Crippen LogP contribution in [0.15, 0.2) is 0 Å². The van der Waals surface area contributed by atoms with Crippen LogP contribution in [0, 0.1) is 12.8 Å². The summed E-state index contributed by atoms with van der Waals surface area (Å²) in [5, 5.41) is 27.3. The Bertz CT molecular complexity index is 553. The number of rotatable bonds is 38. The van der Waals surface area contributed by atoms with Crippen LogP contribution in [0.2, 0.25) is 0 Å². The molecule has 0 rings (SSSR count). The summed E-state index contributed by atoms with van der Waals surface area (Å²) in [6.07, 6.45) is 42.4. The summed E-state index contributed by atoms with van der Waals surface area (Å²) in [6.45, 7) is 23.5. The van der Waals surface area contributed by atoms with Gasteiger partial charge in [-0.1, -0.05) is 209 Å². The molecule has 0 fully saturated rings. The second-order valence-corrected chi connectivity index (χ2v) is 15.5. The van der Waals surface area contributed by atoms with Crippen molar-refractivity contribution in [2.75, 3.05) is 32.8 Å². The van der Waals surface area contributed by atoms with Crippen LogP contribution in [-0.2, 0) is 21.1 Å². The van der Waals surface area contributed by atoms with Crippen molar-refractivity contribution in [1.29, 1.82) is 0 Å². The molecule has 0 heterocycles. The molecule has 53 heavy (non-hydrogen) atoms. The van der Waals surface area contributed by atoms with Crippen molar-refractivity contribution in [2.45, 2.75) is 266 Å². The third kappa shape index (κ3) is 64.7. The van der Waals surface area contributed by atoms with Gasteiger partial charge in [0, 0.05) is 34.3 Å². The molecule has 5 heteroatoms. The molecule has 3 N–H and O–H groups in total. The van der Waals surface area contributed by atoms with Crippen molar-refractivity contribution >= 4 is 0 Å². The van der Waals surface area contributed by atoms with E-state index >= 15 is 0 Å². The fraction of sp³-hybridized carbons (Fsp3) is 0.979. The normalized spacial score (nSPS) is 11.8. The smallest absolute Gasteiger partial charge is 0.0540 e. The van der Waals surface area contributed by atoms with Crippen molar-refractivity contribution in [1.82, 2.24) is 4.90 Å². The Kier molecular flexibility index (Phi) is 73.1. The molecule has 4 nitrogen and oxygen atoms in total. The van der Waals surface area contributed by atoms with E-state index in [1.165, 1.54) is 180 Å². The molecule has 326 valence electrons. The molecule has 0 bridgehead atoms. The Morgan fingerprint density at radius 1 is 0.415 bits per heavy atom. The Labute approximate surface area is 351 Å². The summed E-state index contributed by atoms with van der Waals surface area (Å²) < 4.78 is 0. The molecule has 0 saturated carbocycles. The van der Waals surface area contributed by atoms with Crippen LogP contribution in [0.3, 0.4) is 0 Å². The molecule has 0 aliphatic rings. The maximum atomic E-state index is 9.71. The van der Waals surface area contributed by atoms with Crippen LogP contribution >= 0.6 is 0 Å². The predicted octanol–water partition coefficient (Wildman–Crippen LogP) is 15.1. The zero-order valence-electron chi connectivity index (χ0n) is 37.9. The monoisotopic (exact) mass is 927 g/mol. The largest absolute Gasteiger partial charge is 0.396 e. The van der Waals surface area contributed by atoms with E-state index in [1.807, 2.05) is 13.8 Å². The van der Waals surface area contributed by atoms with E-state index in [2.05, 4.69) is 46.4 Å². The molecule has 2 unspecified atom stereocenters. The van der Waals surface area contributed by atoms with E-state index in [0.717, 1.165) is 57.4 Å². The molecule has 0 aliphatic heterocycles. The Morgan fingerprint density at radius 2 is 0.698 bits per heavy atom. The second kappa shape index (κ2) is 61.7. The first-order valence-electron chi connectivity index (χ1n) is 23.9.